The molecule has 0 atom stereocenters. The Bertz CT molecular complexity index is 140. The lowest BCUT2D eigenvalue weighted by Gasteiger charge is -2.07. The van der Waals surface area contributed by atoms with Gasteiger partial charge in [0.25, 0.3) is 0 Å². The minimum Gasteiger partial charge on any atom is -0.396 e. The monoisotopic (exact) mass is 125 g/mol. The maximum atomic E-state index is 8.46. The Morgan fingerprint density at radius 1 is 1.89 bits per heavy atom. The van der Waals surface area contributed by atoms with Crippen molar-refractivity contribution in [3.63, 3.8) is 0 Å². The van der Waals surface area contributed by atoms with Gasteiger partial charge in [0.1, 0.15) is 5.84 Å². The maximum absolute atomic E-state index is 8.46. The fourth-order valence-corrected chi connectivity index (χ4v) is 0.627. The molecule has 1 rings (SSSR count). The number of rotatable bonds is 2. The predicted molar refractivity (Wildman–Crippen MR) is 35.0 cm³/mol. The van der Waals surface area contributed by atoms with Gasteiger partial charge in [-0.2, -0.15) is 0 Å². The second-order valence-electron chi connectivity index (χ2n) is 1.74. The van der Waals surface area contributed by atoms with Crippen LogP contribution in [0.5, 0.6) is 0 Å². The van der Waals surface area contributed by atoms with Crippen molar-refractivity contribution in [2.45, 2.75) is 6.42 Å². The molecule has 0 aromatic heterocycles. The van der Waals surface area contributed by atoms with Gasteiger partial charge < -0.3 is 10.4 Å². The van der Waals surface area contributed by atoms with Crippen LogP contribution in [0.4, 0.5) is 0 Å². The lowest BCUT2D eigenvalue weighted by atomic mass is 10.4. The molecule has 1 aliphatic heterocycles. The van der Waals surface area contributed by atoms with Gasteiger partial charge >= 0.3 is 0 Å². The van der Waals surface area contributed by atoms with Crippen molar-refractivity contribution in [3.8, 4) is 0 Å². The van der Waals surface area contributed by atoms with Crippen LogP contribution in [0.25, 0.3) is 0 Å². The summed E-state index contributed by atoms with van der Waals surface area (Å²) in [4.78, 5) is 3.93. The fraction of sp³-hybridized carbons (Fsp3) is 0.500. The Kier molecular flexibility index (Phi) is 2.27. The molecule has 0 amide bonds. The molecule has 3 nitrogen and oxygen atoms in total. The van der Waals surface area contributed by atoms with Crippen molar-refractivity contribution in [3.05, 3.63) is 12.3 Å². The van der Waals surface area contributed by atoms with Crippen LogP contribution in [0.1, 0.15) is 6.42 Å². The van der Waals surface area contributed by atoms with Crippen molar-refractivity contribution in [1.29, 1.82) is 0 Å². The van der Waals surface area contributed by atoms with E-state index in [4.69, 9.17) is 5.11 Å². The summed E-state index contributed by atoms with van der Waals surface area (Å²) < 4.78 is 0. The van der Waals surface area contributed by atoms with E-state index in [-0.39, 0.29) is 6.61 Å². The highest BCUT2D eigenvalue weighted by molar-refractivity contribution is 5.83. The zero-order valence-electron chi connectivity index (χ0n) is 5.09. The third-order valence-electron chi connectivity index (χ3n) is 1.05. The van der Waals surface area contributed by atoms with Gasteiger partial charge in [-0.05, 0) is 6.08 Å². The maximum Gasteiger partial charge on any atom is 0.104 e. The van der Waals surface area contributed by atoms with E-state index < -0.39 is 0 Å². The molecule has 1 aliphatic rings. The number of amidine groups is 1. The van der Waals surface area contributed by atoms with E-state index in [1.165, 1.54) is 0 Å². The molecule has 0 saturated heterocycles. The number of aliphatic imine (C=N–C) groups is 1. The van der Waals surface area contributed by atoms with Crippen LogP contribution in [-0.2, 0) is 0 Å². The number of aliphatic hydroxyl groups is 1. The third kappa shape index (κ3) is 1.85. The lowest BCUT2D eigenvalue weighted by Crippen LogP contribution is -2.26. The summed E-state index contributed by atoms with van der Waals surface area (Å²) in [6, 6.07) is 0. The third-order valence-corrected chi connectivity index (χ3v) is 1.05. The van der Waals surface area contributed by atoms with Crippen LogP contribution >= 0.6 is 0 Å². The summed E-state index contributed by atoms with van der Waals surface area (Å²) in [6.07, 6.45) is 5.10. The second-order valence-corrected chi connectivity index (χ2v) is 1.74. The van der Waals surface area contributed by atoms with Crippen LogP contribution in [-0.4, -0.2) is 24.1 Å². The molecule has 0 aromatic carbocycles. The van der Waals surface area contributed by atoms with Gasteiger partial charge in [0.05, 0.1) is 6.61 Å². The topological polar surface area (TPSA) is 44.6 Å². The Morgan fingerprint density at radius 2 is 2.78 bits per heavy atom. The Morgan fingerprint density at radius 3 is 3.33 bits per heavy atom. The average Bonchev–Trinajstić information content (AvgIpc) is 1.91. The number of hydrogen-bond donors (Lipinski definition) is 2. The first-order chi connectivity index (χ1) is 4.43. The van der Waals surface area contributed by atoms with Crippen LogP contribution in [0.3, 0.4) is 0 Å². The Balaban J connectivity index is 2.38. The van der Waals surface area contributed by atoms with E-state index in [0.29, 0.717) is 13.0 Å². The van der Waals surface area contributed by atoms with Crippen LogP contribution < -0.4 is 5.32 Å². The van der Waals surface area contributed by atoms with Crippen molar-refractivity contribution < 1.29 is 5.11 Å². The zero-order chi connectivity index (χ0) is 6.53. The molecule has 49 valence electrons. The first kappa shape index (κ1) is 6.29. The fourth-order valence-electron chi connectivity index (χ4n) is 0.627. The molecule has 1 radical (unpaired) electrons. The largest absolute Gasteiger partial charge is 0.396 e. The average molecular weight is 125 g/mol. The summed E-state index contributed by atoms with van der Waals surface area (Å²) in [5.41, 5.74) is 0. The first-order valence-corrected chi connectivity index (χ1v) is 2.90. The van der Waals surface area contributed by atoms with Crippen molar-refractivity contribution in [2.24, 2.45) is 4.99 Å². The lowest BCUT2D eigenvalue weighted by molar-refractivity contribution is 0.306. The van der Waals surface area contributed by atoms with E-state index in [0.717, 1.165) is 5.84 Å². The molecule has 3 heteroatoms. The number of nitrogens with zero attached hydrogens (tertiary/aromatic N) is 1. The summed E-state index contributed by atoms with van der Waals surface area (Å²) >= 11 is 0. The van der Waals surface area contributed by atoms with Gasteiger partial charge in [-0.15, -0.1) is 0 Å². The van der Waals surface area contributed by atoms with Gasteiger partial charge in [-0.25, -0.2) is 4.99 Å². The van der Waals surface area contributed by atoms with E-state index in [9.17, 15) is 0 Å². The molecular formula is C6H9N2O. The predicted octanol–water partition coefficient (Wildman–Crippen LogP) is -0.313. The van der Waals surface area contributed by atoms with Gasteiger partial charge in [-0.1, -0.05) is 0 Å². The standard InChI is InChI=1S/C6H9N2O/c9-5-2-6-7-3-1-4-8-6/h3,9H,2,4-5H2,(H,7,8). The smallest absolute Gasteiger partial charge is 0.104 e. The minimum absolute atomic E-state index is 0.152. The van der Waals surface area contributed by atoms with Crippen LogP contribution in [0, 0.1) is 6.08 Å². The van der Waals surface area contributed by atoms with Crippen LogP contribution in [0.15, 0.2) is 11.2 Å². The summed E-state index contributed by atoms with van der Waals surface area (Å²) in [5.74, 6) is 0.844. The van der Waals surface area contributed by atoms with Gasteiger partial charge in [-0.3, -0.25) is 0 Å². The summed E-state index contributed by atoms with van der Waals surface area (Å²) in [6.45, 7) is 0.860. The van der Waals surface area contributed by atoms with E-state index in [1.807, 2.05) is 0 Å². The second kappa shape index (κ2) is 3.25. The zero-order valence-corrected chi connectivity index (χ0v) is 5.09. The van der Waals surface area contributed by atoms with E-state index in [2.05, 4.69) is 16.4 Å². The molecule has 0 aliphatic carbocycles. The van der Waals surface area contributed by atoms with Gasteiger partial charge in [0.2, 0.25) is 0 Å². The Labute approximate surface area is 54.1 Å². The van der Waals surface area contributed by atoms with Gasteiger partial charge in [0, 0.05) is 19.2 Å². The molecule has 0 saturated carbocycles. The highest BCUT2D eigenvalue weighted by atomic mass is 16.3. The molecule has 2 N–H and O–H groups in total. The Hall–Kier alpha value is -0.830. The summed E-state index contributed by atoms with van der Waals surface area (Å²) in [5, 5.41) is 11.4. The molecule has 1 heterocycles. The SMILES string of the molecule is OCCC1=NC=[C]CN1. The highest BCUT2D eigenvalue weighted by Crippen LogP contribution is 1.88. The highest BCUT2D eigenvalue weighted by Gasteiger charge is 1.96. The van der Waals surface area contributed by atoms with E-state index >= 15 is 0 Å². The quantitative estimate of drug-likeness (QED) is 0.531. The summed E-state index contributed by atoms with van der Waals surface area (Å²) in [7, 11) is 0. The van der Waals surface area contributed by atoms with Crippen molar-refractivity contribution >= 4 is 5.84 Å². The van der Waals surface area contributed by atoms with Crippen LogP contribution in [0.2, 0.25) is 0 Å². The molecule has 0 aromatic rings. The van der Waals surface area contributed by atoms with Crippen molar-refractivity contribution in [2.75, 3.05) is 13.2 Å². The number of hydrogen-bond acceptors (Lipinski definition) is 3. The first-order valence-electron chi connectivity index (χ1n) is 2.90. The van der Waals surface area contributed by atoms with Gasteiger partial charge in [0.15, 0.2) is 0 Å². The molecule has 9 heavy (non-hydrogen) atoms. The van der Waals surface area contributed by atoms with E-state index in [1.54, 1.807) is 6.20 Å². The minimum atomic E-state index is 0.152. The molecule has 0 spiro atoms. The molecule has 0 unspecified atom stereocenters. The molecule has 0 bridgehead atoms. The number of aliphatic hydroxyl groups excluding tert-OH is 1. The normalized spacial score (nSPS) is 16.8. The molecular weight excluding hydrogens is 116 g/mol. The van der Waals surface area contributed by atoms with Crippen molar-refractivity contribution in [1.82, 2.24) is 5.32 Å². The number of nitrogens with one attached hydrogen (secondary N) is 1. The molecule has 0 fully saturated rings.